The standard InChI is InChI=1S/C18H13ClN2O5/c19-12-1-7-15(8-2-12)25-11-16-9-10-17(26-16)18(22)20-13-3-5-14(6-4-13)21(23)24/h1-10H,11H2,(H,20,22). The number of furan rings is 1. The monoisotopic (exact) mass is 372 g/mol. The number of carbonyl (C=O) groups excluding carboxylic acids is 1. The molecule has 0 fully saturated rings. The molecule has 1 heterocycles. The van der Waals surface area contributed by atoms with Gasteiger partial charge in [0.05, 0.1) is 4.92 Å². The quantitative estimate of drug-likeness (QED) is 0.501. The molecule has 0 spiro atoms. The van der Waals surface area contributed by atoms with Gasteiger partial charge in [-0.1, -0.05) is 11.6 Å². The van der Waals surface area contributed by atoms with Crippen LogP contribution in [0, 0.1) is 10.1 Å². The summed E-state index contributed by atoms with van der Waals surface area (Å²) < 4.78 is 11.0. The Morgan fingerprint density at radius 2 is 1.77 bits per heavy atom. The lowest BCUT2D eigenvalue weighted by Crippen LogP contribution is -2.10. The van der Waals surface area contributed by atoms with E-state index in [0.717, 1.165) is 0 Å². The summed E-state index contributed by atoms with van der Waals surface area (Å²) in [7, 11) is 0. The summed E-state index contributed by atoms with van der Waals surface area (Å²) in [5.41, 5.74) is 0.374. The normalized spacial score (nSPS) is 10.3. The molecule has 0 aliphatic rings. The number of carbonyl (C=O) groups is 1. The van der Waals surface area contributed by atoms with Crippen LogP contribution in [-0.2, 0) is 6.61 Å². The number of nitrogens with zero attached hydrogens (tertiary/aromatic N) is 1. The number of anilines is 1. The Kier molecular flexibility index (Phi) is 5.19. The molecule has 0 aliphatic heterocycles. The zero-order chi connectivity index (χ0) is 18.5. The van der Waals surface area contributed by atoms with Crippen LogP contribution in [0.25, 0.3) is 0 Å². The van der Waals surface area contributed by atoms with Crippen LogP contribution in [0.4, 0.5) is 11.4 Å². The molecule has 1 amide bonds. The number of nitrogens with one attached hydrogen (secondary N) is 1. The molecular weight excluding hydrogens is 360 g/mol. The minimum atomic E-state index is -0.509. The van der Waals surface area contributed by atoms with Crippen molar-refractivity contribution in [2.45, 2.75) is 6.61 Å². The van der Waals surface area contributed by atoms with Crippen LogP contribution in [0.15, 0.2) is 65.1 Å². The largest absolute Gasteiger partial charge is 0.486 e. The summed E-state index contributed by atoms with van der Waals surface area (Å²) >= 11 is 5.81. The van der Waals surface area contributed by atoms with Gasteiger partial charge >= 0.3 is 0 Å². The first kappa shape index (κ1) is 17.5. The van der Waals surface area contributed by atoms with E-state index in [1.807, 2.05) is 0 Å². The zero-order valence-corrected chi connectivity index (χ0v) is 14.1. The highest BCUT2D eigenvalue weighted by molar-refractivity contribution is 6.30. The predicted molar refractivity (Wildman–Crippen MR) is 95.5 cm³/mol. The van der Waals surface area contributed by atoms with Crippen molar-refractivity contribution in [2.75, 3.05) is 5.32 Å². The van der Waals surface area contributed by atoms with Crippen molar-refractivity contribution >= 4 is 28.9 Å². The van der Waals surface area contributed by atoms with E-state index in [1.165, 1.54) is 30.3 Å². The first-order chi connectivity index (χ1) is 12.5. The number of ether oxygens (including phenoxy) is 1. The van der Waals surface area contributed by atoms with Crippen LogP contribution in [0.5, 0.6) is 5.75 Å². The fourth-order valence-corrected chi connectivity index (χ4v) is 2.25. The van der Waals surface area contributed by atoms with E-state index in [1.54, 1.807) is 30.3 Å². The average molecular weight is 373 g/mol. The van der Waals surface area contributed by atoms with E-state index >= 15 is 0 Å². The summed E-state index contributed by atoms with van der Waals surface area (Å²) in [4.78, 5) is 22.3. The number of halogens is 1. The Labute approximate surface area is 153 Å². The molecule has 3 rings (SSSR count). The lowest BCUT2D eigenvalue weighted by atomic mass is 10.3. The first-order valence-corrected chi connectivity index (χ1v) is 7.92. The van der Waals surface area contributed by atoms with Crippen molar-refractivity contribution < 1.29 is 18.9 Å². The lowest BCUT2D eigenvalue weighted by Gasteiger charge is -2.04. The molecule has 2 aromatic carbocycles. The van der Waals surface area contributed by atoms with Crippen molar-refractivity contribution in [3.8, 4) is 5.75 Å². The van der Waals surface area contributed by atoms with Gasteiger partial charge in [0.2, 0.25) is 0 Å². The maximum atomic E-state index is 12.2. The van der Waals surface area contributed by atoms with Crippen LogP contribution in [-0.4, -0.2) is 10.8 Å². The van der Waals surface area contributed by atoms with Gasteiger partial charge in [-0.2, -0.15) is 0 Å². The Balaban J connectivity index is 1.58. The predicted octanol–water partition coefficient (Wildman–Crippen LogP) is 4.67. The molecule has 3 aromatic rings. The van der Waals surface area contributed by atoms with E-state index in [4.69, 9.17) is 20.8 Å². The number of non-ortho nitro benzene ring substituents is 1. The van der Waals surface area contributed by atoms with Crippen LogP contribution in [0.2, 0.25) is 5.02 Å². The van der Waals surface area contributed by atoms with Gasteiger partial charge in [-0.25, -0.2) is 0 Å². The summed E-state index contributed by atoms with van der Waals surface area (Å²) in [5.74, 6) is 0.756. The average Bonchev–Trinajstić information content (AvgIpc) is 3.11. The summed E-state index contributed by atoms with van der Waals surface area (Å²) in [5, 5.41) is 13.8. The highest BCUT2D eigenvalue weighted by Gasteiger charge is 2.13. The molecule has 8 heteroatoms. The number of nitro groups is 1. The van der Waals surface area contributed by atoms with Gasteiger partial charge in [0.25, 0.3) is 11.6 Å². The third kappa shape index (κ3) is 4.40. The molecule has 0 atom stereocenters. The maximum Gasteiger partial charge on any atom is 0.291 e. The van der Waals surface area contributed by atoms with Crippen molar-refractivity contribution in [1.29, 1.82) is 0 Å². The molecule has 0 saturated heterocycles. The van der Waals surface area contributed by atoms with Gasteiger partial charge < -0.3 is 14.5 Å². The molecule has 0 aliphatic carbocycles. The van der Waals surface area contributed by atoms with Crippen LogP contribution < -0.4 is 10.1 Å². The molecule has 132 valence electrons. The first-order valence-electron chi connectivity index (χ1n) is 7.54. The summed E-state index contributed by atoms with van der Waals surface area (Å²) in [6.45, 7) is 0.159. The van der Waals surface area contributed by atoms with Gasteiger partial charge in [-0.05, 0) is 48.5 Å². The molecule has 0 bridgehead atoms. The van der Waals surface area contributed by atoms with Gasteiger partial charge in [0.15, 0.2) is 5.76 Å². The number of amides is 1. The second-order valence-electron chi connectivity index (χ2n) is 5.27. The van der Waals surface area contributed by atoms with Crippen molar-refractivity contribution in [3.05, 3.63) is 87.3 Å². The van der Waals surface area contributed by atoms with Crippen molar-refractivity contribution in [2.24, 2.45) is 0 Å². The van der Waals surface area contributed by atoms with Crippen LogP contribution in [0.3, 0.4) is 0 Å². The Morgan fingerprint density at radius 3 is 2.42 bits per heavy atom. The van der Waals surface area contributed by atoms with E-state index in [0.29, 0.717) is 22.2 Å². The highest BCUT2D eigenvalue weighted by atomic mass is 35.5. The van der Waals surface area contributed by atoms with Gasteiger partial charge in [0.1, 0.15) is 18.1 Å². The number of benzene rings is 2. The molecule has 7 nitrogen and oxygen atoms in total. The SMILES string of the molecule is O=C(Nc1ccc([N+](=O)[O-])cc1)c1ccc(COc2ccc(Cl)cc2)o1. The highest BCUT2D eigenvalue weighted by Crippen LogP contribution is 2.19. The van der Waals surface area contributed by atoms with Crippen LogP contribution in [0.1, 0.15) is 16.3 Å². The molecule has 0 saturated carbocycles. The fraction of sp³-hybridized carbons (Fsp3) is 0.0556. The molecule has 1 aromatic heterocycles. The lowest BCUT2D eigenvalue weighted by molar-refractivity contribution is -0.384. The smallest absolute Gasteiger partial charge is 0.291 e. The molecule has 0 unspecified atom stereocenters. The van der Waals surface area contributed by atoms with E-state index < -0.39 is 10.8 Å². The third-order valence-electron chi connectivity index (χ3n) is 3.42. The molecule has 26 heavy (non-hydrogen) atoms. The number of hydrogen-bond acceptors (Lipinski definition) is 5. The van der Waals surface area contributed by atoms with Gasteiger partial charge in [-0.3, -0.25) is 14.9 Å². The van der Waals surface area contributed by atoms with E-state index in [-0.39, 0.29) is 18.1 Å². The molecule has 1 N–H and O–H groups in total. The summed E-state index contributed by atoms with van der Waals surface area (Å²) in [6, 6.07) is 15.6. The molecular formula is C18H13ClN2O5. The Morgan fingerprint density at radius 1 is 1.08 bits per heavy atom. The Hall–Kier alpha value is -3.32. The second-order valence-corrected chi connectivity index (χ2v) is 5.70. The topological polar surface area (TPSA) is 94.6 Å². The third-order valence-corrected chi connectivity index (χ3v) is 3.67. The fourth-order valence-electron chi connectivity index (χ4n) is 2.12. The van der Waals surface area contributed by atoms with Gasteiger partial charge in [-0.15, -0.1) is 0 Å². The van der Waals surface area contributed by atoms with Crippen molar-refractivity contribution in [1.82, 2.24) is 0 Å². The van der Waals surface area contributed by atoms with Crippen LogP contribution >= 0.6 is 11.6 Å². The van der Waals surface area contributed by atoms with E-state index in [9.17, 15) is 14.9 Å². The number of rotatable bonds is 6. The Bertz CT molecular complexity index is 920. The zero-order valence-electron chi connectivity index (χ0n) is 13.3. The minimum Gasteiger partial charge on any atom is -0.486 e. The molecule has 0 radical (unpaired) electrons. The van der Waals surface area contributed by atoms with Gasteiger partial charge in [0, 0.05) is 22.8 Å². The summed E-state index contributed by atoms with van der Waals surface area (Å²) in [6.07, 6.45) is 0. The number of nitro benzene ring substituents is 1. The number of hydrogen-bond donors (Lipinski definition) is 1. The second kappa shape index (κ2) is 7.71. The van der Waals surface area contributed by atoms with E-state index in [2.05, 4.69) is 5.32 Å². The van der Waals surface area contributed by atoms with Crippen molar-refractivity contribution in [3.63, 3.8) is 0 Å². The maximum absolute atomic E-state index is 12.2. The minimum absolute atomic E-state index is 0.0531.